The van der Waals surface area contributed by atoms with E-state index in [1.807, 2.05) is 36.4 Å². The van der Waals surface area contributed by atoms with E-state index < -0.39 is 95.7 Å². The van der Waals surface area contributed by atoms with Gasteiger partial charge in [0.15, 0.2) is 6.10 Å². The number of ether oxygens (including phenoxy) is 7. The number of esters is 1. The molecule has 442 valence electrons. The van der Waals surface area contributed by atoms with Crippen molar-refractivity contribution in [3.63, 3.8) is 0 Å². The van der Waals surface area contributed by atoms with E-state index in [1.54, 1.807) is 19.2 Å². The number of halogens is 6. The van der Waals surface area contributed by atoms with Crippen LogP contribution in [-0.2, 0) is 44.7 Å². The SMILES string of the molecule is CC[N+](CC)(CCCC(C)Nc1c2ccc(Cl)cc2nc2ccc(OC)cc12)Cc1ccc(O[C@@H]2O[C@H](C(=O)O)[C@@H](O)[C@H](O)[C@H]2O)c(NC(=O)CCNC(=O)CCOCCOCCOCCC(=O)Oc2c(F)c(F)c(F)c(F)c2F)c1. The van der Waals surface area contributed by atoms with Gasteiger partial charge in [-0.05, 0) is 88.2 Å². The number of methoxy groups -OCH3 is 1. The number of fused-ring (bicyclic) bond motifs is 2. The molecule has 1 fully saturated rings. The standard InChI is InChI=1S/C55H65ClF5N5O15/c1-5-66(6-2,19-7-8-30(3)63-48-34-12-10-32(56)27-37(34)64-36-13-11-33(75-4)28-35(36)48)29-31-9-14-39(79-55-51(72)49(70)50(71)53(81-55)54(73)74)38(26-31)65-41(68)15-18-62-40(67)16-20-76-22-24-78-25-23-77-21-17-42(69)80-52-46(60)44(58)43(57)45(59)47(52)61/h9-14,26-28,30,49-51,53,55,70-72H,5-8,15-25,29H2,1-4H3,(H3-,62,63,64,65,67,68,73,74)/p+1/t30?,49-,50-,51+,53-,55+/m0/s1. The van der Waals surface area contributed by atoms with Crippen LogP contribution in [0.1, 0.15) is 58.4 Å². The van der Waals surface area contributed by atoms with Gasteiger partial charge in [0.05, 0.1) is 95.2 Å². The number of carbonyl (C=O) groups excluding carboxylic acids is 3. The maximum atomic E-state index is 13.7. The number of anilines is 2. The van der Waals surface area contributed by atoms with Crippen molar-refractivity contribution in [2.75, 3.05) is 83.6 Å². The van der Waals surface area contributed by atoms with E-state index in [2.05, 4.69) is 41.5 Å². The molecule has 0 aliphatic carbocycles. The van der Waals surface area contributed by atoms with Gasteiger partial charge >= 0.3 is 11.9 Å². The van der Waals surface area contributed by atoms with Crippen molar-refractivity contribution < 1.29 is 99.2 Å². The van der Waals surface area contributed by atoms with Crippen LogP contribution in [0.3, 0.4) is 0 Å². The molecule has 5 aromatic rings. The second-order valence-corrected chi connectivity index (χ2v) is 19.6. The highest BCUT2D eigenvalue weighted by atomic mass is 35.5. The number of nitrogens with one attached hydrogen (secondary N) is 3. The van der Waals surface area contributed by atoms with E-state index in [-0.39, 0.29) is 76.5 Å². The molecule has 2 amide bonds. The Morgan fingerprint density at radius 3 is 2.06 bits per heavy atom. The largest absolute Gasteiger partial charge is 0.497 e. The molecule has 0 saturated carbocycles. The summed E-state index contributed by atoms with van der Waals surface area (Å²) in [5, 5.41) is 52.7. The maximum absolute atomic E-state index is 13.7. The lowest BCUT2D eigenvalue weighted by Gasteiger charge is -2.39. The smallest absolute Gasteiger partial charge is 0.335 e. The van der Waals surface area contributed by atoms with Crippen LogP contribution in [0.5, 0.6) is 17.2 Å². The highest BCUT2D eigenvalue weighted by Crippen LogP contribution is 2.36. The van der Waals surface area contributed by atoms with Crippen molar-refractivity contribution in [2.45, 2.75) is 96.2 Å². The third-order valence-electron chi connectivity index (χ3n) is 13.6. The number of carboxylic acid groups (broad SMARTS) is 1. The van der Waals surface area contributed by atoms with Crippen LogP contribution in [-0.4, -0.2) is 163 Å². The number of rotatable bonds is 31. The summed E-state index contributed by atoms with van der Waals surface area (Å²) in [6.07, 6.45) is -8.69. The molecule has 26 heteroatoms. The molecule has 1 aromatic heterocycles. The summed E-state index contributed by atoms with van der Waals surface area (Å²) in [4.78, 5) is 54.6. The van der Waals surface area contributed by atoms with Gasteiger partial charge in [0.1, 0.15) is 36.4 Å². The van der Waals surface area contributed by atoms with Gasteiger partial charge in [-0.1, -0.05) is 11.6 Å². The fraction of sp³-hybridized carbons (Fsp3) is 0.473. The molecule has 81 heavy (non-hydrogen) atoms. The van der Waals surface area contributed by atoms with Crippen molar-refractivity contribution in [1.82, 2.24) is 10.3 Å². The highest BCUT2D eigenvalue weighted by Gasteiger charge is 2.48. The number of quaternary nitrogens is 1. The fourth-order valence-corrected chi connectivity index (χ4v) is 9.09. The lowest BCUT2D eigenvalue weighted by molar-refractivity contribution is -0.938. The van der Waals surface area contributed by atoms with Crippen LogP contribution in [0.4, 0.5) is 33.3 Å². The zero-order valence-corrected chi connectivity index (χ0v) is 45.7. The maximum Gasteiger partial charge on any atom is 0.335 e. The number of carbonyl (C=O) groups is 4. The normalized spacial score (nSPS) is 17.7. The van der Waals surface area contributed by atoms with Crippen LogP contribution in [0.25, 0.3) is 21.8 Å². The number of aliphatic hydroxyl groups is 3. The Morgan fingerprint density at radius 2 is 1.41 bits per heavy atom. The van der Waals surface area contributed by atoms with Gasteiger partial charge in [-0.2, -0.15) is 8.78 Å². The van der Waals surface area contributed by atoms with Crippen LogP contribution < -0.4 is 30.2 Å². The minimum Gasteiger partial charge on any atom is -0.497 e. The molecule has 1 aliphatic heterocycles. The number of nitrogens with zero attached hydrogens (tertiary/aromatic N) is 2. The van der Waals surface area contributed by atoms with E-state index in [0.29, 0.717) is 21.8 Å². The van der Waals surface area contributed by atoms with E-state index in [4.69, 9.17) is 45.0 Å². The lowest BCUT2D eigenvalue weighted by Crippen LogP contribution is -2.61. The molecule has 2 heterocycles. The molecule has 0 radical (unpaired) electrons. The predicted molar refractivity (Wildman–Crippen MR) is 284 cm³/mol. The van der Waals surface area contributed by atoms with Gasteiger partial charge in [-0.3, -0.25) is 14.4 Å². The van der Waals surface area contributed by atoms with E-state index in [9.17, 15) is 61.6 Å². The molecule has 1 saturated heterocycles. The van der Waals surface area contributed by atoms with E-state index in [1.165, 1.54) is 6.07 Å². The fourth-order valence-electron chi connectivity index (χ4n) is 8.93. The number of hydrogen-bond acceptors (Lipinski definition) is 16. The monoisotopic (exact) mass is 1170 g/mol. The lowest BCUT2D eigenvalue weighted by atomic mass is 9.99. The average molecular weight is 1170 g/mol. The first-order valence-corrected chi connectivity index (χ1v) is 26.5. The van der Waals surface area contributed by atoms with Crippen molar-refractivity contribution in [3.05, 3.63) is 94.3 Å². The molecule has 0 bridgehead atoms. The molecular weight excluding hydrogens is 1100 g/mol. The summed E-state index contributed by atoms with van der Waals surface area (Å²) in [5.41, 5.74) is 3.40. The molecular formula is C55H66ClF5N5O15+. The predicted octanol–water partition coefficient (Wildman–Crippen LogP) is 6.53. The zero-order valence-electron chi connectivity index (χ0n) is 44.9. The first-order valence-electron chi connectivity index (χ1n) is 26.1. The molecule has 1 unspecified atom stereocenters. The number of aliphatic carboxylic acids is 1. The van der Waals surface area contributed by atoms with E-state index >= 15 is 0 Å². The van der Waals surface area contributed by atoms with Crippen LogP contribution in [0, 0.1) is 29.1 Å². The number of hydrogen-bond donors (Lipinski definition) is 7. The van der Waals surface area contributed by atoms with Gasteiger partial charge < -0.3 is 74.0 Å². The number of carboxylic acids is 1. The minimum absolute atomic E-state index is 0.00194. The van der Waals surface area contributed by atoms with Crippen molar-refractivity contribution in [1.29, 1.82) is 0 Å². The minimum atomic E-state index is -2.39. The number of pyridine rings is 1. The molecule has 6 rings (SSSR count). The Hall–Kier alpha value is -6.55. The number of aromatic nitrogens is 1. The first-order chi connectivity index (χ1) is 38.7. The molecule has 20 nitrogen and oxygen atoms in total. The summed E-state index contributed by atoms with van der Waals surface area (Å²) in [6.45, 7) is 8.90. The van der Waals surface area contributed by atoms with Crippen molar-refractivity contribution >= 4 is 68.5 Å². The van der Waals surface area contributed by atoms with Crippen molar-refractivity contribution in [3.8, 4) is 17.2 Å². The Morgan fingerprint density at radius 1 is 0.753 bits per heavy atom. The molecule has 4 aromatic carbocycles. The van der Waals surface area contributed by atoms with Gasteiger partial charge in [0, 0.05) is 46.8 Å². The second kappa shape index (κ2) is 30.0. The highest BCUT2D eigenvalue weighted by molar-refractivity contribution is 6.31. The third-order valence-corrected chi connectivity index (χ3v) is 13.8. The Bertz CT molecular complexity index is 2970. The summed E-state index contributed by atoms with van der Waals surface area (Å²) in [7, 11) is 1.62. The van der Waals surface area contributed by atoms with Gasteiger partial charge in [0.2, 0.25) is 52.9 Å². The molecule has 0 spiro atoms. The number of aliphatic hydroxyl groups excluding tert-OH is 3. The van der Waals surface area contributed by atoms with E-state index in [0.717, 1.165) is 65.5 Å². The summed E-state index contributed by atoms with van der Waals surface area (Å²) in [5.74, 6) is -16.4. The third kappa shape index (κ3) is 17.0. The summed E-state index contributed by atoms with van der Waals surface area (Å²) < 4.78 is 105. The number of benzene rings is 4. The van der Waals surface area contributed by atoms with Crippen LogP contribution in [0.15, 0.2) is 54.6 Å². The second-order valence-electron chi connectivity index (χ2n) is 19.1. The summed E-state index contributed by atoms with van der Waals surface area (Å²) in [6, 6.07) is 16.4. The zero-order chi connectivity index (χ0) is 59.0. The van der Waals surface area contributed by atoms with Gasteiger partial charge in [0.25, 0.3) is 0 Å². The summed E-state index contributed by atoms with van der Waals surface area (Å²) >= 11 is 6.36. The van der Waals surface area contributed by atoms with Crippen LogP contribution in [0.2, 0.25) is 5.02 Å². The van der Waals surface area contributed by atoms with Crippen molar-refractivity contribution in [2.24, 2.45) is 0 Å². The quantitative estimate of drug-likeness (QED) is 0.00363. The average Bonchev–Trinajstić information content (AvgIpc) is 3.48. The molecule has 1 aliphatic rings. The van der Waals surface area contributed by atoms with Crippen LogP contribution >= 0.6 is 11.6 Å². The van der Waals surface area contributed by atoms with Gasteiger partial charge in [-0.25, -0.2) is 22.9 Å². The Balaban J connectivity index is 0.980. The first kappa shape index (κ1) is 63.6. The Labute approximate surface area is 467 Å². The van der Waals surface area contributed by atoms with Gasteiger partial charge in [-0.15, -0.1) is 0 Å². The Kier molecular flexibility index (Phi) is 23.5. The number of amides is 2. The molecule has 7 N–H and O–H groups in total. The topological polar surface area (TPSA) is 263 Å². The molecule has 6 atom stereocenters.